The summed E-state index contributed by atoms with van der Waals surface area (Å²) >= 11 is 10.4. The number of hydrogen-bond acceptors (Lipinski definition) is 6. The number of hydrogen-bond donors (Lipinski definition) is 1. The van der Waals surface area contributed by atoms with Crippen LogP contribution in [0.1, 0.15) is 29.4 Å². The second kappa shape index (κ2) is 10.3. The van der Waals surface area contributed by atoms with Crippen LogP contribution in [0.5, 0.6) is 5.75 Å². The molecule has 1 heterocycles. The van der Waals surface area contributed by atoms with Gasteiger partial charge in [-0.3, -0.25) is 9.59 Å². The summed E-state index contributed by atoms with van der Waals surface area (Å²) in [7, 11) is 1.23. The van der Waals surface area contributed by atoms with E-state index >= 15 is 0 Å². The lowest BCUT2D eigenvalue weighted by Crippen LogP contribution is -2.14. The van der Waals surface area contributed by atoms with Crippen LogP contribution in [0.3, 0.4) is 0 Å². The first kappa shape index (κ1) is 23.4. The van der Waals surface area contributed by atoms with Gasteiger partial charge >= 0.3 is 5.97 Å². The van der Waals surface area contributed by atoms with E-state index in [1.54, 1.807) is 12.1 Å². The van der Waals surface area contributed by atoms with Crippen molar-refractivity contribution in [3.8, 4) is 5.75 Å². The molecule has 1 unspecified atom stereocenters. The molecular formula is C22H17BrClFO5S. The fourth-order valence-electron chi connectivity index (χ4n) is 2.89. The summed E-state index contributed by atoms with van der Waals surface area (Å²) in [5.74, 6) is -1.97. The Labute approximate surface area is 195 Å². The van der Waals surface area contributed by atoms with Gasteiger partial charge in [0.05, 0.1) is 29.7 Å². The Bertz CT molecular complexity index is 1150. The minimum absolute atomic E-state index is 0.0804. The van der Waals surface area contributed by atoms with Crippen LogP contribution in [-0.2, 0) is 15.3 Å². The molecule has 0 amide bonds. The van der Waals surface area contributed by atoms with Gasteiger partial charge in [0.2, 0.25) is 11.2 Å². The van der Waals surface area contributed by atoms with E-state index < -0.39 is 28.9 Å². The lowest BCUT2D eigenvalue weighted by molar-refractivity contribution is -0.140. The molecule has 0 aliphatic carbocycles. The third-order valence-electron chi connectivity index (χ3n) is 4.46. The maximum Gasteiger partial charge on any atom is 0.306 e. The van der Waals surface area contributed by atoms with E-state index in [1.807, 2.05) is 12.1 Å². The van der Waals surface area contributed by atoms with Gasteiger partial charge in [0.15, 0.2) is 5.76 Å². The summed E-state index contributed by atoms with van der Waals surface area (Å²) < 4.78 is 24.5. The molecule has 0 saturated heterocycles. The Balaban J connectivity index is 1.98. The molecule has 31 heavy (non-hydrogen) atoms. The smallest absolute Gasteiger partial charge is 0.306 e. The van der Waals surface area contributed by atoms with Crippen LogP contribution in [0.2, 0.25) is 5.02 Å². The number of esters is 1. The van der Waals surface area contributed by atoms with E-state index in [4.69, 9.17) is 20.8 Å². The van der Waals surface area contributed by atoms with Crippen molar-refractivity contribution in [3.05, 3.63) is 91.2 Å². The topological polar surface area (TPSA) is 76.7 Å². The van der Waals surface area contributed by atoms with Crippen LogP contribution >= 0.6 is 39.3 Å². The first-order chi connectivity index (χ1) is 14.8. The van der Waals surface area contributed by atoms with E-state index in [2.05, 4.69) is 15.9 Å². The molecule has 0 bridgehead atoms. The minimum Gasteiger partial charge on any atom is -0.502 e. The molecule has 1 atom stereocenters. The highest BCUT2D eigenvalue weighted by atomic mass is 79.9. The number of rotatable bonds is 7. The van der Waals surface area contributed by atoms with E-state index in [0.29, 0.717) is 22.1 Å². The normalized spacial score (nSPS) is 11.9. The predicted molar refractivity (Wildman–Crippen MR) is 120 cm³/mol. The van der Waals surface area contributed by atoms with Gasteiger partial charge in [-0.15, -0.1) is 11.8 Å². The number of aromatic hydroxyl groups is 1. The highest BCUT2D eigenvalue weighted by Gasteiger charge is 2.27. The molecule has 5 nitrogen and oxygen atoms in total. The zero-order chi connectivity index (χ0) is 22.5. The first-order valence-corrected chi connectivity index (χ1v) is 11.2. The highest BCUT2D eigenvalue weighted by Crippen LogP contribution is 2.36. The van der Waals surface area contributed by atoms with E-state index in [-0.39, 0.29) is 16.7 Å². The molecule has 0 aliphatic rings. The average molecular weight is 528 g/mol. The maximum absolute atomic E-state index is 13.7. The zero-order valence-corrected chi connectivity index (χ0v) is 19.4. The molecule has 0 fully saturated rings. The number of halogens is 3. The van der Waals surface area contributed by atoms with Crippen molar-refractivity contribution in [1.29, 1.82) is 0 Å². The Morgan fingerprint density at radius 1 is 1.26 bits per heavy atom. The monoisotopic (exact) mass is 526 g/mol. The quantitative estimate of drug-likeness (QED) is 0.305. The third kappa shape index (κ3) is 5.90. The SMILES string of the molecule is COC(=O)CC(c1ccc(F)c(Br)c1)c1oc(CSc2ccc(Cl)cc2)cc(=O)c1O. The zero-order valence-electron chi connectivity index (χ0n) is 16.2. The summed E-state index contributed by atoms with van der Waals surface area (Å²) in [5, 5.41) is 11.0. The van der Waals surface area contributed by atoms with E-state index in [1.165, 1.54) is 43.1 Å². The second-order valence-corrected chi connectivity index (χ2v) is 8.88. The van der Waals surface area contributed by atoms with Crippen molar-refractivity contribution in [1.82, 2.24) is 0 Å². The third-order valence-corrected chi connectivity index (χ3v) is 6.35. The van der Waals surface area contributed by atoms with Crippen molar-refractivity contribution in [2.24, 2.45) is 0 Å². The molecule has 2 aromatic carbocycles. The summed E-state index contributed by atoms with van der Waals surface area (Å²) in [6.45, 7) is 0. The lowest BCUT2D eigenvalue weighted by Gasteiger charge is -2.18. The molecule has 0 aliphatic heterocycles. The first-order valence-electron chi connectivity index (χ1n) is 9.04. The Kier molecular flexibility index (Phi) is 7.80. The summed E-state index contributed by atoms with van der Waals surface area (Å²) in [6.07, 6.45) is -0.209. The summed E-state index contributed by atoms with van der Waals surface area (Å²) in [6, 6.07) is 12.5. The fraction of sp³-hybridized carbons (Fsp3) is 0.182. The molecular weight excluding hydrogens is 511 g/mol. The van der Waals surface area contributed by atoms with Gasteiger partial charge < -0.3 is 14.3 Å². The summed E-state index contributed by atoms with van der Waals surface area (Å²) in [4.78, 5) is 25.3. The van der Waals surface area contributed by atoms with Crippen molar-refractivity contribution in [2.45, 2.75) is 23.0 Å². The van der Waals surface area contributed by atoms with Gasteiger partial charge in [0.1, 0.15) is 11.6 Å². The highest BCUT2D eigenvalue weighted by molar-refractivity contribution is 9.10. The molecule has 9 heteroatoms. The Morgan fingerprint density at radius 2 is 1.97 bits per heavy atom. The minimum atomic E-state index is -0.850. The van der Waals surface area contributed by atoms with Gasteiger partial charge in [-0.2, -0.15) is 0 Å². The van der Waals surface area contributed by atoms with Crippen molar-refractivity contribution in [2.75, 3.05) is 7.11 Å². The van der Waals surface area contributed by atoms with Crippen LogP contribution in [-0.4, -0.2) is 18.2 Å². The summed E-state index contributed by atoms with van der Waals surface area (Å²) in [5.41, 5.74) is -0.163. The molecule has 0 radical (unpaired) electrons. The van der Waals surface area contributed by atoms with Gasteiger partial charge in [-0.1, -0.05) is 17.7 Å². The molecule has 3 aromatic rings. The Morgan fingerprint density at radius 3 is 2.61 bits per heavy atom. The largest absolute Gasteiger partial charge is 0.502 e. The standard InChI is InChI=1S/C22H17BrClFO5S/c1-29-20(27)10-16(12-2-7-18(25)17(23)8-12)22-21(28)19(26)9-14(30-22)11-31-15-5-3-13(24)4-6-15/h2-9,16,28H,10-11H2,1H3. The van der Waals surface area contributed by atoms with Gasteiger partial charge in [-0.05, 0) is 57.9 Å². The van der Waals surface area contributed by atoms with Gasteiger partial charge in [0, 0.05) is 16.0 Å². The number of ether oxygens (including phenoxy) is 1. The molecule has 1 N–H and O–H groups in total. The van der Waals surface area contributed by atoms with Crippen LogP contribution in [0.15, 0.2) is 67.1 Å². The van der Waals surface area contributed by atoms with Crippen molar-refractivity contribution < 1.29 is 23.4 Å². The fourth-order valence-corrected chi connectivity index (χ4v) is 4.19. The van der Waals surface area contributed by atoms with Crippen LogP contribution < -0.4 is 5.43 Å². The number of thioether (sulfide) groups is 1. The van der Waals surface area contributed by atoms with E-state index in [0.717, 1.165) is 4.90 Å². The molecule has 1 aromatic heterocycles. The molecule has 3 rings (SSSR count). The number of benzene rings is 2. The van der Waals surface area contributed by atoms with Crippen molar-refractivity contribution >= 4 is 45.3 Å². The average Bonchev–Trinajstić information content (AvgIpc) is 2.76. The predicted octanol–water partition coefficient (Wildman–Crippen LogP) is 5.89. The lowest BCUT2D eigenvalue weighted by atomic mass is 9.92. The van der Waals surface area contributed by atoms with Gasteiger partial charge in [0.25, 0.3) is 0 Å². The number of carbonyl (C=O) groups excluding carboxylic acids is 1. The van der Waals surface area contributed by atoms with Crippen molar-refractivity contribution in [3.63, 3.8) is 0 Å². The van der Waals surface area contributed by atoms with Crippen LogP contribution in [0, 0.1) is 5.82 Å². The van der Waals surface area contributed by atoms with Crippen LogP contribution in [0.25, 0.3) is 0 Å². The molecule has 0 saturated carbocycles. The maximum atomic E-state index is 13.7. The van der Waals surface area contributed by atoms with Crippen LogP contribution in [0.4, 0.5) is 4.39 Å². The Hall–Kier alpha value is -2.29. The van der Waals surface area contributed by atoms with E-state index in [9.17, 15) is 19.1 Å². The second-order valence-electron chi connectivity index (χ2n) is 6.54. The molecule has 0 spiro atoms. The number of methoxy groups -OCH3 is 1. The number of carbonyl (C=O) groups is 1. The molecule has 162 valence electrons. The van der Waals surface area contributed by atoms with Gasteiger partial charge in [-0.25, -0.2) is 4.39 Å².